The van der Waals surface area contributed by atoms with Gasteiger partial charge in [0.15, 0.2) is 0 Å². The second-order valence-electron chi connectivity index (χ2n) is 3.16. The monoisotopic (exact) mass is 183 g/mol. The van der Waals surface area contributed by atoms with E-state index in [0.717, 1.165) is 5.56 Å². The van der Waals surface area contributed by atoms with Gasteiger partial charge in [0.2, 0.25) is 0 Å². The fourth-order valence-electron chi connectivity index (χ4n) is 1.11. The molecule has 0 aromatic heterocycles. The Morgan fingerprint density at radius 2 is 2.23 bits per heavy atom. The first-order valence-corrected chi connectivity index (χ1v) is 4.28. The molecule has 0 heterocycles. The Morgan fingerprint density at radius 1 is 1.54 bits per heavy atom. The summed E-state index contributed by atoms with van der Waals surface area (Å²) in [6, 6.07) is 4.89. The molecule has 0 aliphatic carbocycles. The van der Waals surface area contributed by atoms with Gasteiger partial charge in [0.25, 0.3) is 0 Å². The lowest BCUT2D eigenvalue weighted by Crippen LogP contribution is -2.16. The summed E-state index contributed by atoms with van der Waals surface area (Å²) >= 11 is 0. The number of aliphatic hydroxyl groups excluding tert-OH is 1. The first-order valence-electron chi connectivity index (χ1n) is 4.28. The quantitative estimate of drug-likeness (QED) is 0.750. The van der Waals surface area contributed by atoms with E-state index < -0.39 is 6.10 Å². The minimum absolute atomic E-state index is 0.277. The Balaban J connectivity index is 2.75. The Morgan fingerprint density at radius 3 is 2.77 bits per heavy atom. The van der Waals surface area contributed by atoms with Crippen LogP contribution in [0.4, 0.5) is 10.1 Å². The maximum Gasteiger partial charge on any atom is 0.146 e. The Labute approximate surface area is 77.4 Å². The highest BCUT2D eigenvalue weighted by Crippen LogP contribution is 2.18. The van der Waals surface area contributed by atoms with Gasteiger partial charge in [-0.2, -0.15) is 0 Å². The van der Waals surface area contributed by atoms with E-state index in [1.165, 1.54) is 6.07 Å². The molecule has 13 heavy (non-hydrogen) atoms. The fraction of sp³-hybridized carbons (Fsp3) is 0.400. The molecule has 0 unspecified atom stereocenters. The van der Waals surface area contributed by atoms with Crippen LogP contribution in [0.1, 0.15) is 12.5 Å². The molecular formula is C10H14FNO. The van der Waals surface area contributed by atoms with Crippen molar-refractivity contribution in [2.24, 2.45) is 0 Å². The van der Waals surface area contributed by atoms with Crippen LogP contribution in [-0.2, 0) is 0 Å². The van der Waals surface area contributed by atoms with Crippen LogP contribution in [0, 0.1) is 12.7 Å². The first-order chi connectivity index (χ1) is 6.11. The van der Waals surface area contributed by atoms with Crippen molar-refractivity contribution in [1.82, 2.24) is 0 Å². The first kappa shape index (κ1) is 9.99. The Bertz CT molecular complexity index is 266. The highest BCUT2D eigenvalue weighted by atomic mass is 19.1. The van der Waals surface area contributed by atoms with E-state index in [-0.39, 0.29) is 5.82 Å². The molecule has 0 saturated heterocycles. The molecule has 2 N–H and O–H groups in total. The molecule has 2 nitrogen and oxygen atoms in total. The summed E-state index contributed by atoms with van der Waals surface area (Å²) in [4.78, 5) is 0. The lowest BCUT2D eigenvalue weighted by molar-refractivity contribution is 0.208. The number of halogens is 1. The van der Waals surface area contributed by atoms with Crippen LogP contribution in [0.25, 0.3) is 0 Å². The maximum absolute atomic E-state index is 13.2. The third kappa shape index (κ3) is 2.70. The van der Waals surface area contributed by atoms with Crippen LogP contribution in [0.2, 0.25) is 0 Å². The number of rotatable bonds is 3. The largest absolute Gasteiger partial charge is 0.392 e. The minimum Gasteiger partial charge on any atom is -0.392 e. The highest BCUT2D eigenvalue weighted by molar-refractivity contribution is 5.51. The van der Waals surface area contributed by atoms with Crippen LogP contribution in [0.3, 0.4) is 0 Å². The lowest BCUT2D eigenvalue weighted by Gasteiger charge is -2.11. The Kier molecular flexibility index (Phi) is 3.25. The number of nitrogens with one attached hydrogen (secondary N) is 1. The summed E-state index contributed by atoms with van der Waals surface area (Å²) in [5.74, 6) is -0.277. The Hall–Kier alpha value is -1.09. The van der Waals surface area contributed by atoms with Crippen molar-refractivity contribution in [2.75, 3.05) is 11.9 Å². The summed E-state index contributed by atoms with van der Waals surface area (Å²) < 4.78 is 13.2. The normalized spacial score (nSPS) is 12.6. The van der Waals surface area contributed by atoms with E-state index in [0.29, 0.717) is 12.2 Å². The number of anilines is 1. The van der Waals surface area contributed by atoms with Gasteiger partial charge in [0.05, 0.1) is 11.8 Å². The summed E-state index contributed by atoms with van der Waals surface area (Å²) in [6.07, 6.45) is -0.473. The predicted octanol–water partition coefficient (Wildman–Crippen LogP) is 1.93. The second kappa shape index (κ2) is 4.23. The van der Waals surface area contributed by atoms with Crippen molar-refractivity contribution in [1.29, 1.82) is 0 Å². The van der Waals surface area contributed by atoms with E-state index in [4.69, 9.17) is 5.11 Å². The second-order valence-corrected chi connectivity index (χ2v) is 3.16. The van der Waals surface area contributed by atoms with Crippen molar-refractivity contribution in [2.45, 2.75) is 20.0 Å². The fourth-order valence-corrected chi connectivity index (χ4v) is 1.11. The summed E-state index contributed by atoms with van der Waals surface area (Å²) in [5.41, 5.74) is 1.32. The van der Waals surface area contributed by atoms with Gasteiger partial charge in [0.1, 0.15) is 5.82 Å². The van der Waals surface area contributed by atoms with Crippen molar-refractivity contribution in [3.63, 3.8) is 0 Å². The maximum atomic E-state index is 13.2. The highest BCUT2D eigenvalue weighted by Gasteiger charge is 2.04. The number of aliphatic hydroxyl groups is 1. The van der Waals surface area contributed by atoms with Crippen molar-refractivity contribution in [3.8, 4) is 0 Å². The molecule has 1 aromatic rings. The van der Waals surface area contributed by atoms with E-state index in [9.17, 15) is 4.39 Å². The molecule has 0 bridgehead atoms. The van der Waals surface area contributed by atoms with E-state index in [1.54, 1.807) is 13.0 Å². The third-order valence-electron chi connectivity index (χ3n) is 1.80. The molecule has 0 fully saturated rings. The molecule has 3 heteroatoms. The SMILES string of the molecule is Cc1cccc(F)c1NC[C@@H](C)O. The molecule has 1 rings (SSSR count). The van der Waals surface area contributed by atoms with Gasteiger partial charge < -0.3 is 10.4 Å². The van der Waals surface area contributed by atoms with Crippen molar-refractivity contribution < 1.29 is 9.50 Å². The number of hydrogen-bond donors (Lipinski definition) is 2. The third-order valence-corrected chi connectivity index (χ3v) is 1.80. The molecule has 0 radical (unpaired) electrons. The number of benzene rings is 1. The van der Waals surface area contributed by atoms with E-state index >= 15 is 0 Å². The molecule has 1 aromatic carbocycles. The summed E-state index contributed by atoms with van der Waals surface area (Å²) in [6.45, 7) is 3.85. The van der Waals surface area contributed by atoms with Gasteiger partial charge in [-0.15, -0.1) is 0 Å². The standard InChI is InChI=1S/C10H14FNO/c1-7-4-3-5-9(11)10(7)12-6-8(2)13/h3-5,8,12-13H,6H2,1-2H3/t8-/m1/s1. The number of para-hydroxylation sites is 1. The zero-order valence-electron chi connectivity index (χ0n) is 7.84. The average Bonchev–Trinajstić information content (AvgIpc) is 2.03. The van der Waals surface area contributed by atoms with Gasteiger partial charge in [-0.1, -0.05) is 12.1 Å². The zero-order chi connectivity index (χ0) is 9.84. The van der Waals surface area contributed by atoms with Gasteiger partial charge in [-0.05, 0) is 25.5 Å². The molecule has 1 atom stereocenters. The zero-order valence-corrected chi connectivity index (χ0v) is 7.84. The number of hydrogen-bond acceptors (Lipinski definition) is 2. The average molecular weight is 183 g/mol. The van der Waals surface area contributed by atoms with Crippen molar-refractivity contribution >= 4 is 5.69 Å². The van der Waals surface area contributed by atoms with Gasteiger partial charge in [0, 0.05) is 6.54 Å². The number of aryl methyl sites for hydroxylation is 1. The molecular weight excluding hydrogens is 169 g/mol. The topological polar surface area (TPSA) is 32.3 Å². The minimum atomic E-state index is -0.473. The van der Waals surface area contributed by atoms with Gasteiger partial charge in [-0.3, -0.25) is 0 Å². The van der Waals surface area contributed by atoms with Gasteiger partial charge >= 0.3 is 0 Å². The van der Waals surface area contributed by atoms with Crippen LogP contribution >= 0.6 is 0 Å². The molecule has 0 spiro atoms. The van der Waals surface area contributed by atoms with Crippen LogP contribution < -0.4 is 5.32 Å². The van der Waals surface area contributed by atoms with Crippen LogP contribution in [0.15, 0.2) is 18.2 Å². The molecule has 0 saturated carbocycles. The molecule has 0 aliphatic rings. The summed E-state index contributed by atoms with van der Waals surface area (Å²) in [5, 5.41) is 11.9. The van der Waals surface area contributed by atoms with Crippen LogP contribution in [-0.4, -0.2) is 17.8 Å². The van der Waals surface area contributed by atoms with Crippen molar-refractivity contribution in [3.05, 3.63) is 29.6 Å². The van der Waals surface area contributed by atoms with Crippen LogP contribution in [0.5, 0.6) is 0 Å². The molecule has 0 amide bonds. The molecule has 72 valence electrons. The van der Waals surface area contributed by atoms with E-state index in [1.807, 2.05) is 13.0 Å². The summed E-state index contributed by atoms with van der Waals surface area (Å²) in [7, 11) is 0. The predicted molar refractivity (Wildman–Crippen MR) is 51.3 cm³/mol. The smallest absolute Gasteiger partial charge is 0.146 e. The van der Waals surface area contributed by atoms with E-state index in [2.05, 4.69) is 5.32 Å². The lowest BCUT2D eigenvalue weighted by atomic mass is 10.2. The molecule has 0 aliphatic heterocycles. The van der Waals surface area contributed by atoms with Gasteiger partial charge in [-0.25, -0.2) is 4.39 Å².